The summed E-state index contributed by atoms with van der Waals surface area (Å²) < 4.78 is 18.4. The third-order valence-electron chi connectivity index (χ3n) is 2.11. The molecular weight excluding hydrogens is 221 g/mol. The maximum absolute atomic E-state index is 13.5. The summed E-state index contributed by atoms with van der Waals surface area (Å²) in [5.74, 6) is 0.387. The summed E-state index contributed by atoms with van der Waals surface area (Å²) in [6.45, 7) is 4.25. The molecule has 0 spiro atoms. The van der Waals surface area contributed by atoms with Crippen molar-refractivity contribution >= 4 is 5.96 Å². The molecule has 1 rings (SSSR count). The van der Waals surface area contributed by atoms with E-state index in [9.17, 15) is 4.39 Å². The number of ether oxygens (including phenoxy) is 1. The fourth-order valence-electron chi connectivity index (χ4n) is 1.19. The quantitative estimate of drug-likeness (QED) is 0.462. The van der Waals surface area contributed by atoms with Crippen molar-refractivity contribution in [1.29, 1.82) is 0 Å². The van der Waals surface area contributed by atoms with Gasteiger partial charge in [-0.05, 0) is 6.07 Å². The Morgan fingerprint density at radius 1 is 1.65 bits per heavy atom. The fourth-order valence-corrected chi connectivity index (χ4v) is 1.19. The van der Waals surface area contributed by atoms with Crippen LogP contribution in [-0.4, -0.2) is 19.6 Å². The van der Waals surface area contributed by atoms with Crippen molar-refractivity contribution in [1.82, 2.24) is 5.32 Å². The van der Waals surface area contributed by atoms with E-state index < -0.39 is 0 Å². The highest BCUT2D eigenvalue weighted by Gasteiger charge is 2.03. The zero-order valence-corrected chi connectivity index (χ0v) is 9.74. The molecule has 1 aromatic rings. The molecule has 3 N–H and O–H groups in total. The van der Waals surface area contributed by atoms with Crippen molar-refractivity contribution in [2.24, 2.45) is 10.7 Å². The highest BCUT2D eigenvalue weighted by Crippen LogP contribution is 2.16. The van der Waals surface area contributed by atoms with Gasteiger partial charge in [-0.2, -0.15) is 0 Å². The maximum atomic E-state index is 13.5. The van der Waals surface area contributed by atoms with E-state index in [0.717, 1.165) is 0 Å². The number of hydrogen-bond donors (Lipinski definition) is 2. The summed E-state index contributed by atoms with van der Waals surface area (Å²) in [7, 11) is 1.49. The summed E-state index contributed by atoms with van der Waals surface area (Å²) in [4.78, 5) is 4.00. The van der Waals surface area contributed by atoms with Crippen molar-refractivity contribution in [3.8, 4) is 5.75 Å². The lowest BCUT2D eigenvalue weighted by molar-refractivity contribution is 0.410. The number of benzene rings is 1. The van der Waals surface area contributed by atoms with Gasteiger partial charge in [-0.15, -0.1) is 6.58 Å². The first-order chi connectivity index (χ1) is 8.17. The largest absolute Gasteiger partial charge is 0.497 e. The average Bonchev–Trinajstić information content (AvgIpc) is 2.34. The van der Waals surface area contributed by atoms with Crippen LogP contribution in [0.1, 0.15) is 5.56 Å². The van der Waals surface area contributed by atoms with E-state index in [1.54, 1.807) is 18.2 Å². The summed E-state index contributed by atoms with van der Waals surface area (Å²) in [5.41, 5.74) is 6.02. The summed E-state index contributed by atoms with van der Waals surface area (Å²) in [6.07, 6.45) is 1.66. The van der Waals surface area contributed by atoms with Gasteiger partial charge in [0, 0.05) is 18.2 Å². The molecule has 0 unspecified atom stereocenters. The molecule has 92 valence electrons. The molecule has 0 fully saturated rings. The first-order valence-electron chi connectivity index (χ1n) is 5.14. The molecule has 4 nitrogen and oxygen atoms in total. The molecule has 0 aliphatic carbocycles. The topological polar surface area (TPSA) is 59.6 Å². The van der Waals surface area contributed by atoms with Gasteiger partial charge in [-0.3, -0.25) is 0 Å². The molecule has 0 aliphatic heterocycles. The van der Waals surface area contributed by atoms with Crippen LogP contribution in [-0.2, 0) is 6.54 Å². The Kier molecular flexibility index (Phi) is 5.00. The van der Waals surface area contributed by atoms with Gasteiger partial charge in [0.05, 0.1) is 13.7 Å². The monoisotopic (exact) mass is 237 g/mol. The van der Waals surface area contributed by atoms with E-state index in [4.69, 9.17) is 10.5 Å². The summed E-state index contributed by atoms with van der Waals surface area (Å²) >= 11 is 0. The number of nitrogens with zero attached hydrogens (tertiary/aromatic N) is 1. The minimum absolute atomic E-state index is 0.186. The van der Waals surface area contributed by atoms with Gasteiger partial charge in [0.15, 0.2) is 5.96 Å². The van der Waals surface area contributed by atoms with Crippen molar-refractivity contribution < 1.29 is 9.13 Å². The van der Waals surface area contributed by atoms with Crippen molar-refractivity contribution in [3.05, 3.63) is 42.2 Å². The van der Waals surface area contributed by atoms with E-state index in [2.05, 4.69) is 16.9 Å². The Balaban J connectivity index is 2.65. The first-order valence-corrected chi connectivity index (χ1v) is 5.14. The van der Waals surface area contributed by atoms with E-state index in [1.165, 1.54) is 13.2 Å². The predicted octanol–water partition coefficient (Wildman–Crippen LogP) is 1.42. The van der Waals surface area contributed by atoms with Crippen LogP contribution in [0.2, 0.25) is 0 Å². The zero-order valence-electron chi connectivity index (χ0n) is 9.74. The smallest absolute Gasteiger partial charge is 0.189 e. The van der Waals surface area contributed by atoms with Crippen LogP contribution in [0.25, 0.3) is 0 Å². The van der Waals surface area contributed by atoms with Crippen LogP contribution in [0.15, 0.2) is 35.8 Å². The highest BCUT2D eigenvalue weighted by molar-refractivity contribution is 5.77. The summed E-state index contributed by atoms with van der Waals surface area (Å²) in [6, 6.07) is 4.62. The van der Waals surface area contributed by atoms with Gasteiger partial charge >= 0.3 is 0 Å². The van der Waals surface area contributed by atoms with Crippen LogP contribution in [0.5, 0.6) is 5.75 Å². The number of methoxy groups -OCH3 is 1. The molecular formula is C12H16FN3O. The second-order valence-corrected chi connectivity index (χ2v) is 3.33. The molecule has 0 saturated heterocycles. The molecule has 0 atom stereocenters. The Morgan fingerprint density at radius 2 is 2.41 bits per heavy atom. The number of nitrogens with two attached hydrogens (primary N) is 1. The Bertz CT molecular complexity index is 418. The number of rotatable bonds is 5. The lowest BCUT2D eigenvalue weighted by atomic mass is 10.2. The Morgan fingerprint density at radius 3 is 3.00 bits per heavy atom. The van der Waals surface area contributed by atoms with E-state index in [-0.39, 0.29) is 18.3 Å². The van der Waals surface area contributed by atoms with E-state index in [0.29, 0.717) is 17.9 Å². The number of halogens is 1. The van der Waals surface area contributed by atoms with Crippen molar-refractivity contribution in [2.45, 2.75) is 6.54 Å². The standard InChI is InChI=1S/C12H16FN3O/c1-3-6-15-12(14)16-8-9-4-5-10(17-2)7-11(9)13/h3-5,7H,1,6,8H2,2H3,(H3,14,15,16). The predicted molar refractivity (Wildman–Crippen MR) is 66.5 cm³/mol. The number of hydrogen-bond acceptors (Lipinski definition) is 2. The molecule has 0 aromatic heterocycles. The van der Waals surface area contributed by atoms with Crippen LogP contribution in [0.3, 0.4) is 0 Å². The highest BCUT2D eigenvalue weighted by atomic mass is 19.1. The molecule has 0 saturated carbocycles. The van der Waals surface area contributed by atoms with E-state index >= 15 is 0 Å². The Hall–Kier alpha value is -2.04. The van der Waals surface area contributed by atoms with Gasteiger partial charge in [0.2, 0.25) is 0 Å². The first kappa shape index (κ1) is 13.0. The van der Waals surface area contributed by atoms with Gasteiger partial charge in [0.25, 0.3) is 0 Å². The van der Waals surface area contributed by atoms with Crippen molar-refractivity contribution in [3.63, 3.8) is 0 Å². The summed E-state index contributed by atoms with van der Waals surface area (Å²) in [5, 5.41) is 2.81. The van der Waals surface area contributed by atoms with Crippen LogP contribution >= 0.6 is 0 Å². The van der Waals surface area contributed by atoms with Crippen molar-refractivity contribution in [2.75, 3.05) is 13.7 Å². The molecule has 0 amide bonds. The van der Waals surface area contributed by atoms with Gasteiger partial charge in [-0.25, -0.2) is 9.38 Å². The lowest BCUT2D eigenvalue weighted by Crippen LogP contribution is -2.31. The number of aliphatic imine (C=N–C) groups is 1. The zero-order chi connectivity index (χ0) is 12.7. The van der Waals surface area contributed by atoms with Gasteiger partial charge in [0.1, 0.15) is 11.6 Å². The van der Waals surface area contributed by atoms with Gasteiger partial charge in [-0.1, -0.05) is 12.1 Å². The second-order valence-electron chi connectivity index (χ2n) is 3.33. The lowest BCUT2D eigenvalue weighted by Gasteiger charge is -2.05. The number of guanidine groups is 1. The normalized spacial score (nSPS) is 11.1. The van der Waals surface area contributed by atoms with Crippen LogP contribution < -0.4 is 15.8 Å². The average molecular weight is 237 g/mol. The minimum Gasteiger partial charge on any atom is -0.497 e. The molecule has 17 heavy (non-hydrogen) atoms. The second kappa shape index (κ2) is 6.52. The van der Waals surface area contributed by atoms with Crippen LogP contribution in [0, 0.1) is 5.82 Å². The van der Waals surface area contributed by atoms with Gasteiger partial charge < -0.3 is 15.8 Å². The van der Waals surface area contributed by atoms with Crippen LogP contribution in [0.4, 0.5) is 4.39 Å². The minimum atomic E-state index is -0.357. The molecule has 0 radical (unpaired) electrons. The molecule has 0 bridgehead atoms. The molecule has 5 heteroatoms. The third-order valence-corrected chi connectivity index (χ3v) is 2.11. The molecule has 0 heterocycles. The molecule has 0 aliphatic rings. The third kappa shape index (κ3) is 4.14. The maximum Gasteiger partial charge on any atom is 0.189 e. The fraction of sp³-hybridized carbons (Fsp3) is 0.250. The van der Waals surface area contributed by atoms with E-state index in [1.807, 2.05) is 0 Å². The molecule has 1 aromatic carbocycles. The Labute approximate surface area is 100.0 Å². The number of nitrogens with one attached hydrogen (secondary N) is 1. The SMILES string of the molecule is C=CCNC(N)=NCc1ccc(OC)cc1F.